The molecule has 0 aromatic carbocycles. The molecule has 0 amide bonds. The minimum atomic E-state index is -0.668. The molecule has 0 rings (SSSR count). The van der Waals surface area contributed by atoms with E-state index in [-0.39, 0.29) is 12.1 Å². The summed E-state index contributed by atoms with van der Waals surface area (Å²) in [6.45, 7) is 4.49. The minimum Gasteiger partial charge on any atom is -0.481 e. The molecule has 4 heteroatoms. The average Bonchev–Trinajstić information content (AvgIpc) is 3.07. The molecule has 0 fully saturated rings. The van der Waals surface area contributed by atoms with Gasteiger partial charge in [0.15, 0.2) is 0 Å². The van der Waals surface area contributed by atoms with Crippen LogP contribution in [0.5, 0.6) is 0 Å². The van der Waals surface area contributed by atoms with Crippen molar-refractivity contribution in [2.75, 3.05) is 0 Å². The Morgan fingerprint density at radius 1 is 0.458 bits per heavy atom. The lowest BCUT2D eigenvalue weighted by Gasteiger charge is -2.18. The van der Waals surface area contributed by atoms with Crippen molar-refractivity contribution in [1.29, 1.82) is 0 Å². The molecule has 278 valence electrons. The molecule has 0 aromatic rings. The van der Waals surface area contributed by atoms with Gasteiger partial charge in [0, 0.05) is 12.8 Å². The largest absolute Gasteiger partial charge is 0.481 e. The highest BCUT2D eigenvalue weighted by Gasteiger charge is 2.14. The van der Waals surface area contributed by atoms with Crippen LogP contribution in [-0.4, -0.2) is 23.1 Å². The van der Waals surface area contributed by atoms with Crippen molar-refractivity contribution in [1.82, 2.24) is 0 Å². The van der Waals surface area contributed by atoms with Gasteiger partial charge >= 0.3 is 11.9 Å². The van der Waals surface area contributed by atoms with E-state index in [9.17, 15) is 9.59 Å². The first-order chi connectivity index (χ1) is 23.6. The molecule has 0 bridgehead atoms. The number of hydrogen-bond donors (Lipinski definition) is 1. The number of ether oxygens (including phenoxy) is 1. The van der Waals surface area contributed by atoms with Crippen LogP contribution in [-0.2, 0) is 14.3 Å². The number of aliphatic carboxylic acids is 1. The molecule has 1 N–H and O–H groups in total. The zero-order valence-electron chi connectivity index (χ0n) is 31.8. The summed E-state index contributed by atoms with van der Waals surface area (Å²) < 4.78 is 5.98. The Morgan fingerprint density at radius 3 is 1.29 bits per heavy atom. The molecule has 0 heterocycles. The third kappa shape index (κ3) is 38.3. The number of carboxylic acids is 1. The van der Waals surface area contributed by atoms with E-state index in [2.05, 4.69) is 62.5 Å². The van der Waals surface area contributed by atoms with E-state index in [0.717, 1.165) is 57.8 Å². The van der Waals surface area contributed by atoms with Crippen LogP contribution in [0.4, 0.5) is 0 Å². The highest BCUT2D eigenvalue weighted by atomic mass is 16.5. The van der Waals surface area contributed by atoms with Crippen molar-refractivity contribution in [3.63, 3.8) is 0 Å². The maximum Gasteiger partial charge on any atom is 0.306 e. The fraction of sp³-hybridized carbons (Fsp3) is 0.773. The second-order valence-electron chi connectivity index (χ2n) is 13.8. The first-order valence-corrected chi connectivity index (χ1v) is 20.6. The number of carbonyl (C=O) groups is 2. The van der Waals surface area contributed by atoms with Gasteiger partial charge in [-0.3, -0.25) is 9.59 Å². The van der Waals surface area contributed by atoms with E-state index in [1.165, 1.54) is 128 Å². The predicted molar refractivity (Wildman–Crippen MR) is 209 cm³/mol. The Hall–Kier alpha value is -2.10. The van der Waals surface area contributed by atoms with Crippen LogP contribution < -0.4 is 0 Å². The smallest absolute Gasteiger partial charge is 0.306 e. The third-order valence-corrected chi connectivity index (χ3v) is 9.05. The van der Waals surface area contributed by atoms with E-state index in [1.807, 2.05) is 0 Å². The summed E-state index contributed by atoms with van der Waals surface area (Å²) in [5.74, 6) is -0.678. The van der Waals surface area contributed by atoms with Crippen molar-refractivity contribution in [2.24, 2.45) is 0 Å². The maximum atomic E-state index is 12.6. The number of rotatable bonds is 37. The highest BCUT2D eigenvalue weighted by Crippen LogP contribution is 2.18. The van der Waals surface area contributed by atoms with E-state index < -0.39 is 5.97 Å². The van der Waals surface area contributed by atoms with Crippen molar-refractivity contribution in [3.8, 4) is 0 Å². The van der Waals surface area contributed by atoms with Crippen molar-refractivity contribution in [3.05, 3.63) is 48.6 Å². The summed E-state index contributed by atoms with van der Waals surface area (Å²) in [4.78, 5) is 23.1. The van der Waals surface area contributed by atoms with Crippen molar-refractivity contribution < 1.29 is 19.4 Å². The average molecular weight is 671 g/mol. The summed E-state index contributed by atoms with van der Waals surface area (Å²) in [5.41, 5.74) is 0. The Kier molecular flexibility index (Phi) is 37.6. The van der Waals surface area contributed by atoms with Crippen LogP contribution in [0.2, 0.25) is 0 Å². The lowest BCUT2D eigenvalue weighted by atomic mass is 10.0. The number of unbranched alkanes of at least 4 members (excludes halogenated alkanes) is 20. The van der Waals surface area contributed by atoms with Crippen LogP contribution in [0.15, 0.2) is 48.6 Å². The number of hydrogen-bond acceptors (Lipinski definition) is 3. The molecule has 48 heavy (non-hydrogen) atoms. The number of carbonyl (C=O) groups excluding carboxylic acids is 1. The van der Waals surface area contributed by atoms with Crippen molar-refractivity contribution in [2.45, 2.75) is 219 Å². The summed E-state index contributed by atoms with van der Waals surface area (Å²) in [6, 6.07) is 0. The Balaban J connectivity index is 3.90. The van der Waals surface area contributed by atoms with Crippen LogP contribution in [0.1, 0.15) is 213 Å². The molecule has 0 spiro atoms. The van der Waals surface area contributed by atoms with E-state index in [1.54, 1.807) is 0 Å². The molecule has 0 aromatic heterocycles. The van der Waals surface area contributed by atoms with Gasteiger partial charge in [-0.15, -0.1) is 0 Å². The van der Waals surface area contributed by atoms with E-state index in [0.29, 0.717) is 12.8 Å². The van der Waals surface area contributed by atoms with Gasteiger partial charge in [0.05, 0.1) is 0 Å². The Morgan fingerprint density at radius 2 is 0.833 bits per heavy atom. The molecule has 0 saturated carbocycles. The second kappa shape index (κ2) is 39.3. The second-order valence-corrected chi connectivity index (χ2v) is 13.8. The van der Waals surface area contributed by atoms with Gasteiger partial charge in [-0.1, -0.05) is 172 Å². The fourth-order valence-corrected chi connectivity index (χ4v) is 6.00. The third-order valence-electron chi connectivity index (χ3n) is 9.05. The van der Waals surface area contributed by atoms with Crippen LogP contribution in [0, 0.1) is 0 Å². The first-order valence-electron chi connectivity index (χ1n) is 20.6. The molecule has 0 aliphatic rings. The maximum absolute atomic E-state index is 12.6. The van der Waals surface area contributed by atoms with Gasteiger partial charge < -0.3 is 9.84 Å². The number of esters is 1. The standard InChI is InChI=1S/C44H78O4/c1-3-5-7-9-10-11-12-13-14-15-16-21-24-27-30-33-37-41-44(47)48-42(38-34-8-6-4-2)39-35-31-28-25-22-19-17-18-20-23-26-29-32-36-40-43(45)46/h10-11,13-14,16,21,27,30,42H,3-9,12,15,17-20,22-26,28-29,31-41H2,1-2H3,(H,45,46)/b11-10-,14-13-,21-16-,30-27-. The molecule has 0 aliphatic carbocycles. The normalized spacial score (nSPS) is 12.7. The van der Waals surface area contributed by atoms with Crippen LogP contribution in [0.3, 0.4) is 0 Å². The van der Waals surface area contributed by atoms with E-state index >= 15 is 0 Å². The molecule has 0 aliphatic heterocycles. The summed E-state index contributed by atoms with van der Waals surface area (Å²) in [6.07, 6.45) is 53.1. The topological polar surface area (TPSA) is 63.6 Å². The van der Waals surface area contributed by atoms with Gasteiger partial charge in [0.1, 0.15) is 6.10 Å². The number of carboxylic acid groups (broad SMARTS) is 1. The van der Waals surface area contributed by atoms with E-state index in [4.69, 9.17) is 9.84 Å². The van der Waals surface area contributed by atoms with Gasteiger partial charge in [0.25, 0.3) is 0 Å². The monoisotopic (exact) mass is 671 g/mol. The fourth-order valence-electron chi connectivity index (χ4n) is 6.00. The molecule has 1 atom stereocenters. The lowest BCUT2D eigenvalue weighted by Crippen LogP contribution is -2.18. The quantitative estimate of drug-likeness (QED) is 0.0406. The Bertz CT molecular complexity index is 809. The van der Waals surface area contributed by atoms with Gasteiger partial charge in [0.2, 0.25) is 0 Å². The van der Waals surface area contributed by atoms with Crippen LogP contribution >= 0.6 is 0 Å². The van der Waals surface area contributed by atoms with Gasteiger partial charge in [-0.2, -0.15) is 0 Å². The van der Waals surface area contributed by atoms with Crippen molar-refractivity contribution >= 4 is 11.9 Å². The molecular formula is C44H78O4. The first kappa shape index (κ1) is 45.9. The Labute approximate surface area is 298 Å². The van der Waals surface area contributed by atoms with Crippen LogP contribution in [0.25, 0.3) is 0 Å². The molecular weight excluding hydrogens is 592 g/mol. The zero-order valence-corrected chi connectivity index (χ0v) is 31.8. The zero-order chi connectivity index (χ0) is 35.0. The summed E-state index contributed by atoms with van der Waals surface area (Å²) in [7, 11) is 0. The minimum absolute atomic E-state index is 0.00966. The predicted octanol–water partition coefficient (Wildman–Crippen LogP) is 14.3. The molecule has 0 saturated heterocycles. The van der Waals surface area contributed by atoms with Gasteiger partial charge in [-0.25, -0.2) is 0 Å². The highest BCUT2D eigenvalue weighted by molar-refractivity contribution is 5.69. The summed E-state index contributed by atoms with van der Waals surface area (Å²) in [5, 5.41) is 8.68. The lowest BCUT2D eigenvalue weighted by molar-refractivity contribution is -0.150. The summed E-state index contributed by atoms with van der Waals surface area (Å²) >= 11 is 0. The molecule has 1 unspecified atom stereocenters. The molecule has 0 radical (unpaired) electrons. The van der Waals surface area contributed by atoms with Gasteiger partial charge in [-0.05, 0) is 77.0 Å². The SMILES string of the molecule is CCCCC/C=C\C/C=C\C/C=C\C/C=C\CCCC(=O)OC(CCCCCC)CCCCCCCCCCCCCCCCC(=O)O. The molecule has 4 nitrogen and oxygen atoms in total. The number of allylic oxidation sites excluding steroid dienone is 8.